The summed E-state index contributed by atoms with van der Waals surface area (Å²) in [6.07, 6.45) is 0.936. The molecule has 0 aliphatic carbocycles. The smallest absolute Gasteiger partial charge is 0.143 e. The standard InChI is InChI=1S/C37H27NO/c1-2-31-10-6-14-35(38-31)30-9-5-8-29(24-30)27-18-16-25(17-19-27)26-20-22-28(23-21-26)32-12-7-13-34-33-11-3-4-15-36(33)39-37(32)34/h3-24H,2H2,1H3. The van der Waals surface area contributed by atoms with Crippen LogP contribution >= 0.6 is 0 Å². The van der Waals surface area contributed by atoms with Crippen LogP contribution in [0.25, 0.3) is 66.6 Å². The molecule has 0 atom stereocenters. The third kappa shape index (κ3) is 4.30. The molecule has 2 nitrogen and oxygen atoms in total. The zero-order valence-corrected chi connectivity index (χ0v) is 21.8. The summed E-state index contributed by atoms with van der Waals surface area (Å²) < 4.78 is 6.25. The van der Waals surface area contributed by atoms with Gasteiger partial charge < -0.3 is 4.42 Å². The summed E-state index contributed by atoms with van der Waals surface area (Å²) in [5.41, 5.74) is 12.2. The predicted molar refractivity (Wildman–Crippen MR) is 163 cm³/mol. The number of benzene rings is 5. The Morgan fingerprint density at radius 3 is 1.90 bits per heavy atom. The van der Waals surface area contributed by atoms with Gasteiger partial charge in [0, 0.05) is 27.6 Å². The fraction of sp³-hybridized carbons (Fsp3) is 0.0541. The second kappa shape index (κ2) is 9.74. The number of nitrogens with zero attached hydrogens (tertiary/aromatic N) is 1. The van der Waals surface area contributed by atoms with Gasteiger partial charge in [-0.3, -0.25) is 4.98 Å². The SMILES string of the molecule is CCc1cccc(-c2cccc(-c3ccc(-c4ccc(-c5cccc6c5oc5ccccc56)cc4)cc3)c2)n1. The number of aryl methyl sites for hydroxylation is 1. The molecule has 5 aromatic carbocycles. The van der Waals surface area contributed by atoms with Gasteiger partial charge in [0.25, 0.3) is 0 Å². The average Bonchev–Trinajstić information content (AvgIpc) is 3.40. The highest BCUT2D eigenvalue weighted by molar-refractivity contribution is 6.09. The summed E-state index contributed by atoms with van der Waals surface area (Å²) in [5.74, 6) is 0. The van der Waals surface area contributed by atoms with E-state index in [2.05, 4.69) is 128 Å². The minimum Gasteiger partial charge on any atom is -0.455 e. The first kappa shape index (κ1) is 23.2. The second-order valence-corrected chi connectivity index (χ2v) is 9.88. The molecule has 2 heterocycles. The summed E-state index contributed by atoms with van der Waals surface area (Å²) in [7, 11) is 0. The van der Waals surface area contributed by atoms with Crippen LogP contribution in [-0.4, -0.2) is 4.98 Å². The Bertz CT molecular complexity index is 1930. The lowest BCUT2D eigenvalue weighted by Crippen LogP contribution is -1.90. The number of furan rings is 1. The highest BCUT2D eigenvalue weighted by atomic mass is 16.3. The maximum absolute atomic E-state index is 6.25. The van der Waals surface area contributed by atoms with Crippen molar-refractivity contribution in [2.24, 2.45) is 0 Å². The Morgan fingerprint density at radius 1 is 0.513 bits per heavy atom. The normalized spacial score (nSPS) is 11.3. The number of hydrogen-bond donors (Lipinski definition) is 0. The van der Waals surface area contributed by atoms with Crippen LogP contribution in [0.5, 0.6) is 0 Å². The largest absolute Gasteiger partial charge is 0.455 e. The molecule has 0 bridgehead atoms. The van der Waals surface area contributed by atoms with Crippen molar-refractivity contribution in [3.8, 4) is 44.6 Å². The molecule has 0 unspecified atom stereocenters. The molecule has 0 amide bonds. The van der Waals surface area contributed by atoms with Gasteiger partial charge in [0.2, 0.25) is 0 Å². The molecule has 0 spiro atoms. The first-order valence-corrected chi connectivity index (χ1v) is 13.4. The van der Waals surface area contributed by atoms with Gasteiger partial charge >= 0.3 is 0 Å². The van der Waals surface area contributed by atoms with Gasteiger partial charge in [0.15, 0.2) is 0 Å². The lowest BCUT2D eigenvalue weighted by atomic mass is 9.96. The second-order valence-electron chi connectivity index (χ2n) is 9.88. The maximum Gasteiger partial charge on any atom is 0.143 e. The molecule has 2 aromatic heterocycles. The summed E-state index contributed by atoms with van der Waals surface area (Å²) in [4.78, 5) is 4.80. The van der Waals surface area contributed by atoms with Gasteiger partial charge in [-0.25, -0.2) is 0 Å². The van der Waals surface area contributed by atoms with Crippen molar-refractivity contribution in [3.63, 3.8) is 0 Å². The van der Waals surface area contributed by atoms with Crippen LogP contribution < -0.4 is 0 Å². The van der Waals surface area contributed by atoms with Crippen molar-refractivity contribution < 1.29 is 4.42 Å². The molecule has 39 heavy (non-hydrogen) atoms. The number of para-hydroxylation sites is 2. The molecule has 0 saturated carbocycles. The van der Waals surface area contributed by atoms with E-state index in [9.17, 15) is 0 Å². The molecule has 0 fully saturated rings. The third-order valence-electron chi connectivity index (χ3n) is 7.48. The monoisotopic (exact) mass is 501 g/mol. The van der Waals surface area contributed by atoms with Crippen LogP contribution in [0.15, 0.2) is 138 Å². The predicted octanol–water partition coefficient (Wildman–Crippen LogP) is 10.2. The Labute approximate surface area is 228 Å². The van der Waals surface area contributed by atoms with E-state index in [-0.39, 0.29) is 0 Å². The summed E-state index contributed by atoms with van der Waals surface area (Å²) >= 11 is 0. The molecule has 0 saturated heterocycles. The molecule has 7 rings (SSSR count). The van der Waals surface area contributed by atoms with E-state index in [0.29, 0.717) is 0 Å². The fourth-order valence-corrected chi connectivity index (χ4v) is 5.37. The summed E-state index contributed by atoms with van der Waals surface area (Å²) in [6, 6.07) is 47.1. The maximum atomic E-state index is 6.25. The molecule has 0 N–H and O–H groups in total. The Hall–Kier alpha value is -4.95. The van der Waals surface area contributed by atoms with Crippen LogP contribution in [0, 0.1) is 0 Å². The number of hydrogen-bond acceptors (Lipinski definition) is 2. The average molecular weight is 502 g/mol. The van der Waals surface area contributed by atoms with Crippen LogP contribution in [-0.2, 0) is 6.42 Å². The van der Waals surface area contributed by atoms with E-state index in [1.54, 1.807) is 0 Å². The van der Waals surface area contributed by atoms with Gasteiger partial charge in [-0.1, -0.05) is 116 Å². The minimum absolute atomic E-state index is 0.924. The zero-order chi connectivity index (χ0) is 26.2. The van der Waals surface area contributed by atoms with E-state index in [0.717, 1.165) is 56.4 Å². The van der Waals surface area contributed by atoms with Crippen molar-refractivity contribution in [1.29, 1.82) is 0 Å². The Balaban J connectivity index is 1.17. The van der Waals surface area contributed by atoms with E-state index in [1.165, 1.54) is 22.3 Å². The first-order valence-electron chi connectivity index (χ1n) is 13.4. The van der Waals surface area contributed by atoms with Crippen LogP contribution in [0.2, 0.25) is 0 Å². The highest BCUT2D eigenvalue weighted by Crippen LogP contribution is 2.36. The number of fused-ring (bicyclic) bond motifs is 3. The lowest BCUT2D eigenvalue weighted by Gasteiger charge is -2.09. The van der Waals surface area contributed by atoms with E-state index in [1.807, 2.05) is 12.1 Å². The Morgan fingerprint density at radius 2 is 1.13 bits per heavy atom. The van der Waals surface area contributed by atoms with Gasteiger partial charge in [-0.2, -0.15) is 0 Å². The molecule has 0 radical (unpaired) electrons. The molecule has 0 aliphatic heterocycles. The molecule has 2 heteroatoms. The van der Waals surface area contributed by atoms with Crippen LogP contribution in [0.3, 0.4) is 0 Å². The van der Waals surface area contributed by atoms with Crippen molar-refractivity contribution in [2.75, 3.05) is 0 Å². The fourth-order valence-electron chi connectivity index (χ4n) is 5.37. The summed E-state index contributed by atoms with van der Waals surface area (Å²) in [6.45, 7) is 2.14. The Kier molecular flexibility index (Phi) is 5.79. The highest BCUT2D eigenvalue weighted by Gasteiger charge is 2.12. The van der Waals surface area contributed by atoms with E-state index < -0.39 is 0 Å². The van der Waals surface area contributed by atoms with Crippen LogP contribution in [0.1, 0.15) is 12.6 Å². The van der Waals surface area contributed by atoms with Crippen molar-refractivity contribution in [3.05, 3.63) is 139 Å². The quantitative estimate of drug-likeness (QED) is 0.234. The summed E-state index contributed by atoms with van der Waals surface area (Å²) in [5, 5.41) is 2.31. The molecular formula is C37H27NO. The number of rotatable bonds is 5. The first-order chi connectivity index (χ1) is 19.3. The third-order valence-corrected chi connectivity index (χ3v) is 7.48. The molecule has 7 aromatic rings. The van der Waals surface area contributed by atoms with E-state index >= 15 is 0 Å². The lowest BCUT2D eigenvalue weighted by molar-refractivity contribution is 0.670. The van der Waals surface area contributed by atoms with Crippen molar-refractivity contribution in [1.82, 2.24) is 4.98 Å². The van der Waals surface area contributed by atoms with Gasteiger partial charge in [-0.05, 0) is 58.5 Å². The zero-order valence-electron chi connectivity index (χ0n) is 21.8. The van der Waals surface area contributed by atoms with Gasteiger partial charge in [0.1, 0.15) is 11.2 Å². The molecular weight excluding hydrogens is 474 g/mol. The molecule has 186 valence electrons. The number of aromatic nitrogens is 1. The van der Waals surface area contributed by atoms with Gasteiger partial charge in [0.05, 0.1) is 5.69 Å². The number of pyridine rings is 1. The van der Waals surface area contributed by atoms with Crippen LogP contribution in [0.4, 0.5) is 0 Å². The topological polar surface area (TPSA) is 26.0 Å². The van der Waals surface area contributed by atoms with Crippen molar-refractivity contribution >= 4 is 21.9 Å². The van der Waals surface area contributed by atoms with E-state index in [4.69, 9.17) is 9.40 Å². The van der Waals surface area contributed by atoms with Crippen molar-refractivity contribution in [2.45, 2.75) is 13.3 Å². The van der Waals surface area contributed by atoms with Gasteiger partial charge in [-0.15, -0.1) is 0 Å². The molecule has 0 aliphatic rings. The minimum atomic E-state index is 0.924.